The number of carbonyl (C=O) groups is 1. The summed E-state index contributed by atoms with van der Waals surface area (Å²) in [5, 5.41) is 8.38. The van der Waals surface area contributed by atoms with Gasteiger partial charge in [-0.1, -0.05) is 18.2 Å². The van der Waals surface area contributed by atoms with Gasteiger partial charge in [-0.15, -0.1) is 0 Å². The van der Waals surface area contributed by atoms with Gasteiger partial charge in [0.05, 0.1) is 5.56 Å². The first-order valence-corrected chi connectivity index (χ1v) is 8.81. The van der Waals surface area contributed by atoms with Crippen molar-refractivity contribution in [3.05, 3.63) is 83.9 Å². The Morgan fingerprint density at radius 3 is 2.38 bits per heavy atom. The van der Waals surface area contributed by atoms with Crippen molar-refractivity contribution in [2.24, 2.45) is 0 Å². The van der Waals surface area contributed by atoms with E-state index < -0.39 is 0 Å². The van der Waals surface area contributed by atoms with Gasteiger partial charge in [0.15, 0.2) is 6.21 Å². The lowest BCUT2D eigenvalue weighted by atomic mass is 10.1. The molecule has 6 N–H and O–H groups in total. The van der Waals surface area contributed by atoms with E-state index in [9.17, 15) is 4.79 Å². The van der Waals surface area contributed by atoms with Crippen LogP contribution in [0.3, 0.4) is 0 Å². The molecule has 3 aromatic rings. The Bertz CT molecular complexity index is 911. The van der Waals surface area contributed by atoms with Gasteiger partial charge in [0.2, 0.25) is 0 Å². The van der Waals surface area contributed by atoms with Crippen LogP contribution in [0.15, 0.2) is 77.7 Å². The van der Waals surface area contributed by atoms with E-state index in [1.54, 1.807) is 18.2 Å². The number of nitrogens with one attached hydrogen (secondary N) is 2. The molecule has 0 saturated carbocycles. The molecule has 0 spiro atoms. The van der Waals surface area contributed by atoms with Gasteiger partial charge >= 0.3 is 0 Å². The van der Waals surface area contributed by atoms with Gasteiger partial charge in [-0.25, -0.2) is 0 Å². The highest BCUT2D eigenvalue weighted by Gasteiger charge is 2.09. The highest BCUT2D eigenvalue weighted by Crippen LogP contribution is 2.23. The average Bonchev–Trinajstić information content (AvgIpc) is 2.68. The largest absolute Gasteiger partial charge is 0.398 e. The molecule has 0 atom stereocenters. The number of hydrogen-bond donors (Lipinski definition) is 4. The summed E-state index contributed by atoms with van der Waals surface area (Å²) in [6.45, 7) is 0. The summed E-state index contributed by atoms with van der Waals surface area (Å²) in [5.41, 5.74) is 9.21. The molecule has 130 valence electrons. The van der Waals surface area contributed by atoms with Crippen LogP contribution in [0.4, 0.5) is 17.1 Å². The Hall–Kier alpha value is -3.25. The van der Waals surface area contributed by atoms with Crippen LogP contribution >= 0.6 is 11.9 Å². The lowest BCUT2D eigenvalue weighted by Crippen LogP contribution is -2.30. The van der Waals surface area contributed by atoms with Crippen molar-refractivity contribution in [2.75, 3.05) is 15.8 Å². The maximum absolute atomic E-state index is 12.4. The van der Waals surface area contributed by atoms with E-state index in [1.807, 2.05) is 54.6 Å². The minimum Gasteiger partial charge on any atom is -0.398 e. The van der Waals surface area contributed by atoms with E-state index in [-0.39, 0.29) is 5.91 Å². The third kappa shape index (κ3) is 4.43. The fourth-order valence-electron chi connectivity index (χ4n) is 2.29. The first-order valence-electron chi connectivity index (χ1n) is 7.99. The molecule has 6 heteroatoms. The minimum atomic E-state index is -0.212. The van der Waals surface area contributed by atoms with Crippen LogP contribution in [0.5, 0.6) is 0 Å². The maximum atomic E-state index is 12.4. The molecule has 1 amide bonds. The highest BCUT2D eigenvalue weighted by atomic mass is 32.2. The van der Waals surface area contributed by atoms with Crippen LogP contribution in [-0.2, 0) is 0 Å². The third-order valence-corrected chi connectivity index (χ3v) is 4.55. The maximum Gasteiger partial charge on any atom is 0.255 e. The average molecular weight is 363 g/mol. The van der Waals surface area contributed by atoms with Gasteiger partial charge in [-0.2, -0.15) is 0 Å². The Kier molecular flexibility index (Phi) is 5.56. The second-order valence-corrected chi connectivity index (χ2v) is 6.44. The fourth-order valence-corrected chi connectivity index (χ4v) is 2.94. The van der Waals surface area contributed by atoms with Gasteiger partial charge in [-0.3, -0.25) is 10.2 Å². The van der Waals surface area contributed by atoms with Crippen LogP contribution < -0.4 is 21.2 Å². The summed E-state index contributed by atoms with van der Waals surface area (Å²) >= 11 is 1.51. The number of amides is 1. The molecule has 3 rings (SSSR count). The highest BCUT2D eigenvalue weighted by molar-refractivity contribution is 8.00. The van der Waals surface area contributed by atoms with Crippen molar-refractivity contribution in [1.82, 2.24) is 0 Å². The lowest BCUT2D eigenvalue weighted by molar-refractivity contribution is -0.104. The summed E-state index contributed by atoms with van der Waals surface area (Å²) in [4.78, 5) is 13.4. The third-order valence-electron chi connectivity index (χ3n) is 3.70. The summed E-state index contributed by atoms with van der Waals surface area (Å²) < 4.78 is 3.27. The lowest BCUT2D eigenvalue weighted by Gasteiger charge is -2.08. The molecule has 0 aromatic heterocycles. The SMILES string of the molecule is Nc1ccc(C(=O)Nc2ccc(SNc3ccccc3)cc2)cc1C=[NH2+]. The molecule has 0 unspecified atom stereocenters. The predicted molar refractivity (Wildman–Crippen MR) is 108 cm³/mol. The van der Waals surface area contributed by atoms with Gasteiger partial charge in [0.1, 0.15) is 0 Å². The molecule has 0 aliphatic carbocycles. The summed E-state index contributed by atoms with van der Waals surface area (Å²) in [7, 11) is 0. The normalized spacial score (nSPS) is 10.2. The molecular formula is C20H19N4OS+. The van der Waals surface area contributed by atoms with E-state index in [0.29, 0.717) is 22.5 Å². The summed E-state index contributed by atoms with van der Waals surface area (Å²) in [6, 6.07) is 22.5. The van der Waals surface area contributed by atoms with E-state index in [4.69, 9.17) is 11.1 Å². The first kappa shape index (κ1) is 17.6. The number of hydrogen-bond acceptors (Lipinski definition) is 4. The second-order valence-electron chi connectivity index (χ2n) is 5.56. The van der Waals surface area contributed by atoms with E-state index in [0.717, 1.165) is 10.6 Å². The summed E-state index contributed by atoms with van der Waals surface area (Å²) in [6.07, 6.45) is 1.39. The van der Waals surface area contributed by atoms with Gasteiger partial charge < -0.3 is 15.8 Å². The zero-order valence-corrected chi connectivity index (χ0v) is 14.8. The monoisotopic (exact) mass is 363 g/mol. The molecule has 0 bridgehead atoms. The molecule has 0 fully saturated rings. The second kappa shape index (κ2) is 8.22. The Morgan fingerprint density at radius 2 is 1.69 bits per heavy atom. The zero-order chi connectivity index (χ0) is 18.4. The number of rotatable bonds is 6. The van der Waals surface area contributed by atoms with Gasteiger partial charge in [0.25, 0.3) is 5.91 Å². The van der Waals surface area contributed by atoms with Crippen molar-refractivity contribution in [2.45, 2.75) is 4.90 Å². The zero-order valence-electron chi connectivity index (χ0n) is 14.0. The van der Waals surface area contributed by atoms with Crippen LogP contribution in [0.2, 0.25) is 0 Å². The van der Waals surface area contributed by atoms with Crippen molar-refractivity contribution in [1.29, 1.82) is 0 Å². The van der Waals surface area contributed by atoms with E-state index in [2.05, 4.69) is 10.0 Å². The van der Waals surface area contributed by atoms with Gasteiger partial charge in [-0.05, 0) is 66.5 Å². The number of benzene rings is 3. The summed E-state index contributed by atoms with van der Waals surface area (Å²) in [5.74, 6) is -0.212. The smallest absolute Gasteiger partial charge is 0.255 e. The number of nitrogen functional groups attached to an aromatic ring is 1. The van der Waals surface area contributed by atoms with Crippen LogP contribution in [0, 0.1) is 0 Å². The molecule has 0 heterocycles. The van der Waals surface area contributed by atoms with Gasteiger partial charge in [0, 0.05) is 27.5 Å². The first-order chi connectivity index (χ1) is 12.7. The van der Waals surface area contributed by atoms with E-state index in [1.165, 1.54) is 18.2 Å². The molecule has 3 aromatic carbocycles. The number of nitrogens with two attached hydrogens (primary N) is 2. The molecule has 0 aliphatic rings. The topological polar surface area (TPSA) is 92.7 Å². The number of carbonyl (C=O) groups excluding carboxylic acids is 1. The molecule has 26 heavy (non-hydrogen) atoms. The standard InChI is InChI=1S/C20H18N4OS/c21-13-15-12-14(6-11-19(15)22)20(25)23-16-7-9-18(10-8-16)26-24-17-4-2-1-3-5-17/h1-13,21,24H,22H2,(H,23,25)/p+1. The fraction of sp³-hybridized carbons (Fsp3) is 0. The van der Waals surface area contributed by atoms with Crippen molar-refractivity contribution >= 4 is 41.1 Å². The molecule has 0 radical (unpaired) electrons. The predicted octanol–water partition coefficient (Wildman–Crippen LogP) is 2.82. The number of para-hydroxylation sites is 1. The van der Waals surface area contributed by atoms with Crippen molar-refractivity contribution in [3.8, 4) is 0 Å². The van der Waals surface area contributed by atoms with E-state index >= 15 is 0 Å². The van der Waals surface area contributed by atoms with Crippen LogP contribution in [0.25, 0.3) is 0 Å². The molecule has 0 aliphatic heterocycles. The Morgan fingerprint density at radius 1 is 0.962 bits per heavy atom. The Labute approximate surface area is 156 Å². The molecule has 5 nitrogen and oxygen atoms in total. The molecular weight excluding hydrogens is 344 g/mol. The molecule has 0 saturated heterocycles. The Balaban J connectivity index is 1.62. The van der Waals surface area contributed by atoms with Crippen LogP contribution in [0.1, 0.15) is 15.9 Å². The van der Waals surface area contributed by atoms with Crippen LogP contribution in [-0.4, -0.2) is 12.1 Å². The quantitative estimate of drug-likeness (QED) is 0.308. The van der Waals surface area contributed by atoms with Crippen molar-refractivity contribution in [3.63, 3.8) is 0 Å². The number of anilines is 3. The van der Waals surface area contributed by atoms with Crippen molar-refractivity contribution < 1.29 is 10.2 Å². The minimum absolute atomic E-state index is 0.212.